The Labute approximate surface area is 207 Å². The summed E-state index contributed by atoms with van der Waals surface area (Å²) in [5.41, 5.74) is 0.100. The zero-order chi connectivity index (χ0) is 26.2. The second-order valence-electron chi connectivity index (χ2n) is 7.97. The van der Waals surface area contributed by atoms with Crippen molar-refractivity contribution in [3.63, 3.8) is 0 Å². The fraction of sp³-hybridized carbons (Fsp3) is 0.269. The van der Waals surface area contributed by atoms with Gasteiger partial charge in [0, 0.05) is 25.1 Å². The zero-order valence-electron chi connectivity index (χ0n) is 19.9. The van der Waals surface area contributed by atoms with Crippen LogP contribution in [0.1, 0.15) is 46.3 Å². The zero-order valence-corrected chi connectivity index (χ0v) is 19.9. The minimum absolute atomic E-state index is 0.0615. The van der Waals surface area contributed by atoms with Gasteiger partial charge in [0.15, 0.2) is 11.5 Å². The average molecular weight is 497 g/mol. The van der Waals surface area contributed by atoms with Crippen LogP contribution in [-0.4, -0.2) is 52.4 Å². The molecule has 1 aromatic heterocycles. The van der Waals surface area contributed by atoms with Crippen LogP contribution in [0.4, 0.5) is 0 Å². The van der Waals surface area contributed by atoms with Gasteiger partial charge in [0.25, 0.3) is 5.56 Å². The van der Waals surface area contributed by atoms with Crippen LogP contribution in [0, 0.1) is 0 Å². The maximum atomic E-state index is 12.9. The van der Waals surface area contributed by atoms with Crippen molar-refractivity contribution >= 4 is 11.9 Å². The van der Waals surface area contributed by atoms with Gasteiger partial charge in [0.2, 0.25) is 5.91 Å². The molecule has 0 fully saturated rings. The molecular weight excluding hydrogens is 468 g/mol. The highest BCUT2D eigenvalue weighted by molar-refractivity contribution is 5.92. The number of hydrogen-bond donors (Lipinski definition) is 5. The van der Waals surface area contributed by atoms with Crippen molar-refractivity contribution in [3.05, 3.63) is 81.3 Å². The Morgan fingerprint density at radius 2 is 1.81 bits per heavy atom. The SMILES string of the molecule is CCOC(=O)c1c[nH]c(=O)c([C@H](CC(=O)NCCc2ccc(O)cc2)c2ccc(OC)c(O)c2)c1O. The lowest BCUT2D eigenvalue weighted by molar-refractivity contribution is -0.121. The Kier molecular flexibility index (Phi) is 8.56. The smallest absolute Gasteiger partial charge is 0.343 e. The number of aromatic nitrogens is 1. The Hall–Kier alpha value is -4.47. The lowest BCUT2D eigenvalue weighted by atomic mass is 9.87. The molecule has 5 N–H and O–H groups in total. The number of esters is 1. The highest BCUT2D eigenvalue weighted by Gasteiger charge is 2.28. The fourth-order valence-electron chi connectivity index (χ4n) is 3.80. The summed E-state index contributed by atoms with van der Waals surface area (Å²) in [6, 6.07) is 10.9. The number of aromatic hydroxyl groups is 3. The average Bonchev–Trinajstić information content (AvgIpc) is 2.84. The molecule has 0 spiro atoms. The first kappa shape index (κ1) is 26.1. The summed E-state index contributed by atoms with van der Waals surface area (Å²) in [5, 5.41) is 33.3. The molecule has 10 nitrogen and oxygen atoms in total. The van der Waals surface area contributed by atoms with Crippen molar-refractivity contribution in [2.75, 3.05) is 20.3 Å². The van der Waals surface area contributed by atoms with Crippen LogP contribution in [0.25, 0.3) is 0 Å². The van der Waals surface area contributed by atoms with Gasteiger partial charge < -0.3 is 35.1 Å². The van der Waals surface area contributed by atoms with Crippen molar-refractivity contribution < 1.29 is 34.4 Å². The van der Waals surface area contributed by atoms with E-state index >= 15 is 0 Å². The number of hydrogen-bond acceptors (Lipinski definition) is 8. The number of pyridine rings is 1. The largest absolute Gasteiger partial charge is 0.508 e. The predicted molar refractivity (Wildman–Crippen MR) is 131 cm³/mol. The van der Waals surface area contributed by atoms with Crippen LogP contribution < -0.4 is 15.6 Å². The van der Waals surface area contributed by atoms with Crippen molar-refractivity contribution in [2.45, 2.75) is 25.7 Å². The van der Waals surface area contributed by atoms with E-state index in [9.17, 15) is 29.7 Å². The molecule has 1 heterocycles. The first-order chi connectivity index (χ1) is 17.2. The van der Waals surface area contributed by atoms with Crippen LogP contribution in [0.15, 0.2) is 53.5 Å². The fourth-order valence-corrected chi connectivity index (χ4v) is 3.80. The molecule has 0 saturated carbocycles. The van der Waals surface area contributed by atoms with Crippen LogP contribution in [0.2, 0.25) is 0 Å². The van der Waals surface area contributed by atoms with E-state index in [0.29, 0.717) is 12.0 Å². The first-order valence-electron chi connectivity index (χ1n) is 11.3. The molecule has 10 heteroatoms. The molecule has 1 atom stereocenters. The maximum Gasteiger partial charge on any atom is 0.343 e. The molecule has 36 heavy (non-hydrogen) atoms. The number of ether oxygens (including phenoxy) is 2. The van der Waals surface area contributed by atoms with E-state index in [1.54, 1.807) is 37.3 Å². The van der Waals surface area contributed by atoms with Gasteiger partial charge in [-0.25, -0.2) is 4.79 Å². The summed E-state index contributed by atoms with van der Waals surface area (Å²) < 4.78 is 10.0. The number of methoxy groups -OCH3 is 1. The third kappa shape index (κ3) is 6.15. The molecule has 0 aliphatic carbocycles. The van der Waals surface area contributed by atoms with Crippen LogP contribution in [0.5, 0.6) is 23.0 Å². The maximum absolute atomic E-state index is 12.9. The number of rotatable bonds is 10. The second-order valence-corrected chi connectivity index (χ2v) is 7.97. The van der Waals surface area contributed by atoms with E-state index in [0.717, 1.165) is 11.8 Å². The second kappa shape index (κ2) is 11.8. The standard InChI is InChI=1S/C26H28N2O8/c1-3-36-26(34)19-14-28-25(33)23(24(19)32)18(16-6-9-21(35-2)20(30)12-16)13-22(31)27-11-10-15-4-7-17(29)8-5-15/h4-9,12,14,18,29-30H,3,10-11,13H2,1-2H3,(H,27,31)(H2,28,32,33)/t18-/m1/s1. The van der Waals surface area contributed by atoms with Crippen LogP contribution in [0.3, 0.4) is 0 Å². The lowest BCUT2D eigenvalue weighted by Crippen LogP contribution is -2.29. The lowest BCUT2D eigenvalue weighted by Gasteiger charge is -2.20. The molecule has 0 bridgehead atoms. The number of nitrogens with one attached hydrogen (secondary N) is 2. The molecule has 190 valence electrons. The third-order valence-electron chi connectivity index (χ3n) is 5.61. The van der Waals surface area contributed by atoms with E-state index in [1.807, 2.05) is 0 Å². The highest BCUT2D eigenvalue weighted by Crippen LogP contribution is 2.37. The molecular formula is C26H28N2O8. The molecule has 2 aromatic carbocycles. The Balaban J connectivity index is 1.92. The summed E-state index contributed by atoms with van der Waals surface area (Å²) in [7, 11) is 1.38. The summed E-state index contributed by atoms with van der Waals surface area (Å²) in [5.74, 6) is -2.75. The molecule has 0 unspecified atom stereocenters. The predicted octanol–water partition coefficient (Wildman–Crippen LogP) is 2.56. The van der Waals surface area contributed by atoms with Gasteiger partial charge >= 0.3 is 5.97 Å². The number of aromatic amines is 1. The Morgan fingerprint density at radius 1 is 1.08 bits per heavy atom. The van der Waals surface area contributed by atoms with Gasteiger partial charge in [-0.05, 0) is 48.7 Å². The molecule has 3 rings (SSSR count). The molecule has 0 radical (unpaired) electrons. The Morgan fingerprint density at radius 3 is 2.44 bits per heavy atom. The topological polar surface area (TPSA) is 158 Å². The van der Waals surface area contributed by atoms with Crippen LogP contribution in [-0.2, 0) is 16.0 Å². The minimum atomic E-state index is -1.01. The molecule has 0 saturated heterocycles. The van der Waals surface area contributed by atoms with Gasteiger partial charge in [-0.15, -0.1) is 0 Å². The van der Waals surface area contributed by atoms with Crippen molar-refractivity contribution in [1.29, 1.82) is 0 Å². The van der Waals surface area contributed by atoms with E-state index in [2.05, 4.69) is 10.3 Å². The van der Waals surface area contributed by atoms with Gasteiger partial charge in [0.1, 0.15) is 17.1 Å². The van der Waals surface area contributed by atoms with E-state index in [4.69, 9.17) is 9.47 Å². The van der Waals surface area contributed by atoms with Crippen molar-refractivity contribution in [2.24, 2.45) is 0 Å². The number of phenols is 2. The monoisotopic (exact) mass is 496 g/mol. The van der Waals surface area contributed by atoms with E-state index in [-0.39, 0.29) is 47.9 Å². The number of phenolic OH excluding ortho intramolecular Hbond substituents is 2. The molecule has 1 amide bonds. The summed E-state index contributed by atoms with van der Waals surface area (Å²) in [6.45, 7) is 1.95. The number of H-pyrrole nitrogens is 1. The third-order valence-corrected chi connectivity index (χ3v) is 5.61. The normalized spacial score (nSPS) is 11.5. The summed E-state index contributed by atoms with van der Waals surface area (Å²) in [6.07, 6.45) is 1.30. The quantitative estimate of drug-likeness (QED) is 0.268. The van der Waals surface area contributed by atoms with E-state index < -0.39 is 29.1 Å². The molecule has 0 aliphatic rings. The van der Waals surface area contributed by atoms with Gasteiger partial charge in [0.05, 0.1) is 19.3 Å². The van der Waals surface area contributed by atoms with E-state index in [1.165, 1.54) is 19.2 Å². The highest BCUT2D eigenvalue weighted by atomic mass is 16.5. The number of amides is 1. The number of carbonyl (C=O) groups is 2. The van der Waals surface area contributed by atoms with Gasteiger partial charge in [-0.1, -0.05) is 18.2 Å². The number of benzene rings is 2. The number of carbonyl (C=O) groups excluding carboxylic acids is 2. The van der Waals surface area contributed by atoms with Crippen molar-refractivity contribution in [3.8, 4) is 23.0 Å². The van der Waals surface area contributed by atoms with Gasteiger partial charge in [-0.2, -0.15) is 0 Å². The summed E-state index contributed by atoms with van der Waals surface area (Å²) in [4.78, 5) is 40.4. The van der Waals surface area contributed by atoms with Crippen LogP contribution >= 0.6 is 0 Å². The summed E-state index contributed by atoms with van der Waals surface area (Å²) >= 11 is 0. The Bertz CT molecular complexity index is 1280. The molecule has 0 aliphatic heterocycles. The first-order valence-corrected chi connectivity index (χ1v) is 11.3. The minimum Gasteiger partial charge on any atom is -0.508 e. The molecule has 3 aromatic rings. The van der Waals surface area contributed by atoms with Crippen molar-refractivity contribution in [1.82, 2.24) is 10.3 Å². The van der Waals surface area contributed by atoms with Gasteiger partial charge in [-0.3, -0.25) is 9.59 Å².